The smallest absolute Gasteiger partial charge is 0.163 e. The van der Waals surface area contributed by atoms with Crippen molar-refractivity contribution < 1.29 is 9.47 Å². The van der Waals surface area contributed by atoms with Gasteiger partial charge in [0.25, 0.3) is 0 Å². The standard InChI is InChI=1S/C15H13Cl2NO2S/c16-9-6-12-13(20-4-3-19-12)7-11(9)18-10-1-2-14-8(10)5-15(17)21-14/h5-7,10,18H,1-4H2. The number of ether oxygens (including phenoxy) is 2. The summed E-state index contributed by atoms with van der Waals surface area (Å²) in [6, 6.07) is 6.04. The number of thiophene rings is 1. The maximum atomic E-state index is 6.35. The zero-order chi connectivity index (χ0) is 14.4. The van der Waals surface area contributed by atoms with Crippen molar-refractivity contribution in [2.24, 2.45) is 0 Å². The molecule has 1 aliphatic heterocycles. The van der Waals surface area contributed by atoms with Gasteiger partial charge in [0.1, 0.15) is 13.2 Å². The summed E-state index contributed by atoms with van der Waals surface area (Å²) in [5, 5.41) is 4.16. The van der Waals surface area contributed by atoms with Crippen molar-refractivity contribution in [3.05, 3.63) is 38.0 Å². The fourth-order valence-electron chi connectivity index (χ4n) is 2.84. The number of nitrogens with one attached hydrogen (secondary N) is 1. The Hall–Kier alpha value is -1.10. The first-order chi connectivity index (χ1) is 10.2. The lowest BCUT2D eigenvalue weighted by atomic mass is 10.1. The lowest BCUT2D eigenvalue weighted by Gasteiger charge is -2.22. The molecule has 1 aromatic carbocycles. The minimum atomic E-state index is 0.254. The molecule has 1 aromatic heterocycles. The van der Waals surface area contributed by atoms with Crippen molar-refractivity contribution in [3.8, 4) is 11.5 Å². The number of hydrogen-bond donors (Lipinski definition) is 1. The number of halogens is 2. The molecule has 0 saturated heterocycles. The normalized spacial score (nSPS) is 19.4. The zero-order valence-electron chi connectivity index (χ0n) is 11.1. The Morgan fingerprint density at radius 2 is 1.86 bits per heavy atom. The molecule has 4 rings (SSSR count). The molecular weight excluding hydrogens is 329 g/mol. The van der Waals surface area contributed by atoms with E-state index in [0.717, 1.165) is 28.6 Å². The lowest BCUT2D eigenvalue weighted by Crippen LogP contribution is -2.16. The molecule has 0 bridgehead atoms. The van der Waals surface area contributed by atoms with Gasteiger partial charge in [0.05, 0.1) is 21.1 Å². The van der Waals surface area contributed by atoms with Crippen LogP contribution in [0.4, 0.5) is 5.69 Å². The van der Waals surface area contributed by atoms with Gasteiger partial charge in [0.2, 0.25) is 0 Å². The Labute approximate surface area is 136 Å². The molecule has 1 unspecified atom stereocenters. The summed E-state index contributed by atoms with van der Waals surface area (Å²) in [5.74, 6) is 1.46. The quantitative estimate of drug-likeness (QED) is 0.840. The Morgan fingerprint density at radius 3 is 2.67 bits per heavy atom. The highest BCUT2D eigenvalue weighted by molar-refractivity contribution is 7.16. The van der Waals surface area contributed by atoms with Gasteiger partial charge in [-0.15, -0.1) is 11.3 Å². The number of aryl methyl sites for hydroxylation is 1. The van der Waals surface area contributed by atoms with Crippen LogP contribution >= 0.6 is 34.5 Å². The van der Waals surface area contributed by atoms with Crippen LogP contribution in [0.1, 0.15) is 22.9 Å². The maximum absolute atomic E-state index is 6.35. The molecule has 0 fully saturated rings. The summed E-state index contributed by atoms with van der Waals surface area (Å²) in [4.78, 5) is 1.37. The van der Waals surface area contributed by atoms with E-state index in [2.05, 4.69) is 11.4 Å². The van der Waals surface area contributed by atoms with Crippen LogP contribution in [-0.4, -0.2) is 13.2 Å². The highest BCUT2D eigenvalue weighted by atomic mass is 35.5. The van der Waals surface area contributed by atoms with Crippen LogP contribution in [0.3, 0.4) is 0 Å². The molecule has 110 valence electrons. The summed E-state index contributed by atoms with van der Waals surface area (Å²) in [6.07, 6.45) is 2.12. The molecule has 1 N–H and O–H groups in total. The van der Waals surface area contributed by atoms with Gasteiger partial charge >= 0.3 is 0 Å². The van der Waals surface area contributed by atoms with E-state index >= 15 is 0 Å². The van der Waals surface area contributed by atoms with E-state index < -0.39 is 0 Å². The number of fused-ring (bicyclic) bond motifs is 2. The predicted octanol–water partition coefficient (Wildman–Crippen LogP) is 4.93. The van der Waals surface area contributed by atoms with Crippen molar-refractivity contribution in [3.63, 3.8) is 0 Å². The van der Waals surface area contributed by atoms with Crippen LogP contribution in [0.25, 0.3) is 0 Å². The zero-order valence-corrected chi connectivity index (χ0v) is 13.4. The molecule has 1 atom stereocenters. The van der Waals surface area contributed by atoms with E-state index in [1.165, 1.54) is 10.4 Å². The van der Waals surface area contributed by atoms with Crippen molar-refractivity contribution in [1.82, 2.24) is 0 Å². The summed E-state index contributed by atoms with van der Waals surface area (Å²) < 4.78 is 12.0. The fraction of sp³-hybridized carbons (Fsp3) is 0.333. The van der Waals surface area contributed by atoms with E-state index in [1.54, 1.807) is 11.3 Å². The largest absolute Gasteiger partial charge is 0.486 e. The number of benzene rings is 1. The maximum Gasteiger partial charge on any atom is 0.163 e. The van der Waals surface area contributed by atoms with Crippen LogP contribution < -0.4 is 14.8 Å². The number of rotatable bonds is 2. The summed E-state index contributed by atoms with van der Waals surface area (Å²) in [6.45, 7) is 1.14. The summed E-state index contributed by atoms with van der Waals surface area (Å²) in [7, 11) is 0. The Bertz CT molecular complexity index is 701. The van der Waals surface area contributed by atoms with Crippen molar-refractivity contribution in [2.75, 3.05) is 18.5 Å². The molecule has 0 amide bonds. The molecular formula is C15H13Cl2NO2S. The van der Waals surface area contributed by atoms with Crippen LogP contribution in [0.5, 0.6) is 11.5 Å². The minimum Gasteiger partial charge on any atom is -0.486 e. The van der Waals surface area contributed by atoms with Gasteiger partial charge in [-0.05, 0) is 24.5 Å². The Kier molecular flexibility index (Phi) is 3.40. The van der Waals surface area contributed by atoms with Crippen molar-refractivity contribution >= 4 is 40.2 Å². The molecule has 21 heavy (non-hydrogen) atoms. The first kappa shape index (κ1) is 13.6. The van der Waals surface area contributed by atoms with E-state index in [0.29, 0.717) is 24.0 Å². The fourth-order valence-corrected chi connectivity index (χ4v) is 4.41. The van der Waals surface area contributed by atoms with Crippen molar-refractivity contribution in [2.45, 2.75) is 18.9 Å². The van der Waals surface area contributed by atoms with Crippen LogP contribution in [-0.2, 0) is 6.42 Å². The van der Waals surface area contributed by atoms with Gasteiger partial charge in [-0.1, -0.05) is 23.2 Å². The highest BCUT2D eigenvalue weighted by Crippen LogP contribution is 2.44. The van der Waals surface area contributed by atoms with Gasteiger partial charge in [-0.25, -0.2) is 0 Å². The molecule has 1 aliphatic carbocycles. The minimum absolute atomic E-state index is 0.254. The number of anilines is 1. The second-order valence-corrected chi connectivity index (χ2v) is 7.32. The molecule has 0 radical (unpaired) electrons. The average molecular weight is 342 g/mol. The number of hydrogen-bond acceptors (Lipinski definition) is 4. The molecule has 2 aromatic rings. The van der Waals surface area contributed by atoms with Crippen LogP contribution in [0.2, 0.25) is 9.36 Å². The molecule has 2 heterocycles. The third-order valence-electron chi connectivity index (χ3n) is 3.81. The lowest BCUT2D eigenvalue weighted by molar-refractivity contribution is 0.171. The second kappa shape index (κ2) is 5.27. The first-order valence-electron chi connectivity index (χ1n) is 6.84. The third-order valence-corrected chi connectivity index (χ3v) is 5.46. The van der Waals surface area contributed by atoms with E-state index in [-0.39, 0.29) is 6.04 Å². The average Bonchev–Trinajstić information content (AvgIpc) is 3.00. The van der Waals surface area contributed by atoms with E-state index in [4.69, 9.17) is 32.7 Å². The first-order valence-corrected chi connectivity index (χ1v) is 8.42. The predicted molar refractivity (Wildman–Crippen MR) is 86.5 cm³/mol. The third kappa shape index (κ3) is 2.45. The SMILES string of the molecule is Clc1cc2c(s1)CCC2Nc1cc2c(cc1Cl)OCCO2. The van der Waals surface area contributed by atoms with Gasteiger partial charge in [0, 0.05) is 17.0 Å². The Balaban J connectivity index is 1.63. The van der Waals surface area contributed by atoms with Crippen LogP contribution in [0, 0.1) is 0 Å². The van der Waals surface area contributed by atoms with E-state index in [9.17, 15) is 0 Å². The summed E-state index contributed by atoms with van der Waals surface area (Å²) >= 11 is 14.1. The molecule has 2 aliphatic rings. The second-order valence-electron chi connectivity index (χ2n) is 5.14. The Morgan fingerprint density at radius 1 is 1.10 bits per heavy atom. The molecule has 6 heteroatoms. The highest BCUT2D eigenvalue weighted by Gasteiger charge is 2.26. The van der Waals surface area contributed by atoms with E-state index in [1.807, 2.05) is 12.1 Å². The molecule has 3 nitrogen and oxygen atoms in total. The molecule has 0 saturated carbocycles. The monoisotopic (exact) mass is 341 g/mol. The van der Waals surface area contributed by atoms with Crippen molar-refractivity contribution in [1.29, 1.82) is 0 Å². The van der Waals surface area contributed by atoms with Crippen LogP contribution in [0.15, 0.2) is 18.2 Å². The summed E-state index contributed by atoms with van der Waals surface area (Å²) in [5.41, 5.74) is 2.16. The topological polar surface area (TPSA) is 30.5 Å². The van der Waals surface area contributed by atoms with Gasteiger partial charge < -0.3 is 14.8 Å². The molecule has 0 spiro atoms. The van der Waals surface area contributed by atoms with Gasteiger partial charge in [0.15, 0.2) is 11.5 Å². The van der Waals surface area contributed by atoms with Gasteiger partial charge in [-0.2, -0.15) is 0 Å². The van der Waals surface area contributed by atoms with Gasteiger partial charge in [-0.3, -0.25) is 0 Å².